The number of H-pyrrole nitrogens is 1. The summed E-state index contributed by atoms with van der Waals surface area (Å²) in [6, 6.07) is 3.61. The Balaban J connectivity index is 2.37. The fourth-order valence-corrected chi connectivity index (χ4v) is 2.14. The molecule has 1 N–H and O–H groups in total. The third-order valence-electron chi connectivity index (χ3n) is 2.94. The minimum absolute atomic E-state index is 0.237. The highest BCUT2D eigenvalue weighted by Gasteiger charge is 2.30. The molecule has 0 aliphatic rings. The van der Waals surface area contributed by atoms with Crippen molar-refractivity contribution in [2.75, 3.05) is 7.11 Å². The number of carbonyl (C=O) groups is 1. The molecule has 96 valence electrons. The second-order valence-electron chi connectivity index (χ2n) is 4.90. The lowest BCUT2D eigenvalue weighted by atomic mass is 9.86. The van der Waals surface area contributed by atoms with Crippen LogP contribution in [-0.2, 0) is 16.0 Å². The van der Waals surface area contributed by atoms with Gasteiger partial charge in [0.25, 0.3) is 0 Å². The lowest BCUT2D eigenvalue weighted by Gasteiger charge is -2.20. The summed E-state index contributed by atoms with van der Waals surface area (Å²) in [5, 5.41) is 0.444. The highest BCUT2D eigenvalue weighted by atomic mass is 35.5. The largest absolute Gasteiger partial charge is 0.469 e. The van der Waals surface area contributed by atoms with Crippen LogP contribution in [0, 0.1) is 5.41 Å². The molecule has 0 atom stereocenters. The van der Waals surface area contributed by atoms with Crippen molar-refractivity contribution in [2.24, 2.45) is 5.41 Å². The van der Waals surface area contributed by atoms with Crippen LogP contribution in [0.4, 0.5) is 0 Å². The molecule has 0 fully saturated rings. The van der Waals surface area contributed by atoms with Crippen molar-refractivity contribution in [2.45, 2.75) is 20.3 Å². The number of halogens is 1. The van der Waals surface area contributed by atoms with Crippen molar-refractivity contribution < 1.29 is 9.53 Å². The number of hydrogen-bond acceptors (Lipinski definition) is 3. The smallest absolute Gasteiger partial charge is 0.311 e. The monoisotopic (exact) mass is 266 g/mol. The van der Waals surface area contributed by atoms with E-state index in [-0.39, 0.29) is 5.97 Å². The Morgan fingerprint density at radius 1 is 1.50 bits per heavy atom. The van der Waals surface area contributed by atoms with Crippen molar-refractivity contribution in [3.63, 3.8) is 0 Å². The number of esters is 1. The highest BCUT2D eigenvalue weighted by molar-refractivity contribution is 6.29. The van der Waals surface area contributed by atoms with Crippen LogP contribution in [0.3, 0.4) is 0 Å². The molecule has 0 aliphatic carbocycles. The number of ether oxygens (including phenoxy) is 1. The van der Waals surface area contributed by atoms with Gasteiger partial charge >= 0.3 is 5.97 Å². The van der Waals surface area contributed by atoms with E-state index in [1.807, 2.05) is 26.1 Å². The van der Waals surface area contributed by atoms with Crippen molar-refractivity contribution in [1.29, 1.82) is 0 Å². The molecule has 5 heteroatoms. The molecule has 2 heterocycles. The predicted molar refractivity (Wildman–Crippen MR) is 70.6 cm³/mol. The normalized spacial score (nSPS) is 11.8. The number of hydrogen-bond donors (Lipinski definition) is 1. The summed E-state index contributed by atoms with van der Waals surface area (Å²) in [6.07, 6.45) is 2.41. The minimum Gasteiger partial charge on any atom is -0.469 e. The van der Waals surface area contributed by atoms with Gasteiger partial charge in [-0.25, -0.2) is 4.98 Å². The first-order chi connectivity index (χ1) is 8.44. The predicted octanol–water partition coefficient (Wildman–Crippen LogP) is 2.96. The third kappa shape index (κ3) is 2.34. The summed E-state index contributed by atoms with van der Waals surface area (Å²) >= 11 is 5.89. The number of aromatic amines is 1. The van der Waals surface area contributed by atoms with Crippen LogP contribution in [0.1, 0.15) is 19.4 Å². The van der Waals surface area contributed by atoms with Gasteiger partial charge in [0.1, 0.15) is 5.15 Å². The number of rotatable bonds is 3. The zero-order valence-electron chi connectivity index (χ0n) is 10.6. The number of nitrogens with one attached hydrogen (secondary N) is 1. The van der Waals surface area contributed by atoms with E-state index in [9.17, 15) is 4.79 Å². The Kier molecular flexibility index (Phi) is 3.30. The van der Waals surface area contributed by atoms with E-state index < -0.39 is 5.41 Å². The summed E-state index contributed by atoms with van der Waals surface area (Å²) in [6.45, 7) is 3.70. The van der Waals surface area contributed by atoms with Gasteiger partial charge in [-0.05, 0) is 38.0 Å². The zero-order valence-corrected chi connectivity index (χ0v) is 11.3. The average molecular weight is 267 g/mol. The van der Waals surface area contributed by atoms with Crippen molar-refractivity contribution >= 4 is 28.6 Å². The van der Waals surface area contributed by atoms with Gasteiger partial charge in [-0.15, -0.1) is 0 Å². The molecular weight excluding hydrogens is 252 g/mol. The molecule has 0 aliphatic heterocycles. The molecule has 0 amide bonds. The molecule has 0 saturated carbocycles. The summed E-state index contributed by atoms with van der Waals surface area (Å²) in [5.74, 6) is -0.237. The Morgan fingerprint density at radius 3 is 2.89 bits per heavy atom. The molecule has 0 unspecified atom stereocenters. The molecule has 0 spiro atoms. The van der Waals surface area contributed by atoms with Crippen LogP contribution in [0.25, 0.3) is 11.0 Å². The van der Waals surface area contributed by atoms with E-state index in [4.69, 9.17) is 16.3 Å². The number of aromatic nitrogens is 2. The van der Waals surface area contributed by atoms with Gasteiger partial charge in [0.05, 0.1) is 23.6 Å². The Hall–Kier alpha value is -1.55. The summed E-state index contributed by atoms with van der Waals surface area (Å²) in [7, 11) is 1.40. The van der Waals surface area contributed by atoms with Crippen molar-refractivity contribution in [3.8, 4) is 0 Å². The van der Waals surface area contributed by atoms with Gasteiger partial charge in [0.2, 0.25) is 0 Å². The van der Waals surface area contributed by atoms with Crippen LogP contribution in [0.15, 0.2) is 18.3 Å². The molecule has 0 bridgehead atoms. The minimum atomic E-state index is -0.589. The first kappa shape index (κ1) is 12.9. The fourth-order valence-electron chi connectivity index (χ4n) is 1.99. The van der Waals surface area contributed by atoms with Gasteiger partial charge in [-0.2, -0.15) is 0 Å². The zero-order chi connectivity index (χ0) is 13.3. The summed E-state index contributed by atoms with van der Waals surface area (Å²) < 4.78 is 4.80. The maximum Gasteiger partial charge on any atom is 0.311 e. The van der Waals surface area contributed by atoms with Gasteiger partial charge in [-0.3, -0.25) is 4.79 Å². The molecule has 0 aromatic carbocycles. The lowest BCUT2D eigenvalue weighted by Crippen LogP contribution is -2.27. The summed E-state index contributed by atoms with van der Waals surface area (Å²) in [5.41, 5.74) is 2.09. The van der Waals surface area contributed by atoms with E-state index in [0.29, 0.717) is 11.6 Å². The van der Waals surface area contributed by atoms with Gasteiger partial charge < -0.3 is 9.72 Å². The topological polar surface area (TPSA) is 55.0 Å². The fraction of sp³-hybridized carbons (Fsp3) is 0.385. The maximum absolute atomic E-state index is 11.7. The van der Waals surface area contributed by atoms with Gasteiger partial charge in [0, 0.05) is 6.20 Å². The molecule has 2 aromatic rings. The Labute approximate surface area is 110 Å². The lowest BCUT2D eigenvalue weighted by molar-refractivity contribution is -0.150. The maximum atomic E-state index is 11.7. The Bertz CT molecular complexity index is 590. The quantitative estimate of drug-likeness (QED) is 0.686. The third-order valence-corrected chi connectivity index (χ3v) is 3.15. The van der Waals surface area contributed by atoms with Crippen LogP contribution in [0.2, 0.25) is 5.15 Å². The van der Waals surface area contributed by atoms with Crippen molar-refractivity contribution in [3.05, 3.63) is 29.0 Å². The van der Waals surface area contributed by atoms with Crippen LogP contribution >= 0.6 is 11.6 Å². The SMILES string of the molecule is COC(=O)C(C)(C)Cc1c[nH]c2ccc(Cl)nc12. The number of carbonyl (C=O) groups excluding carboxylic acids is 1. The van der Waals surface area contributed by atoms with E-state index in [2.05, 4.69) is 9.97 Å². The van der Waals surface area contributed by atoms with Crippen LogP contribution in [0.5, 0.6) is 0 Å². The number of methoxy groups -OCH3 is 1. The Morgan fingerprint density at radius 2 is 2.22 bits per heavy atom. The molecule has 18 heavy (non-hydrogen) atoms. The summed E-state index contributed by atoms with van der Waals surface area (Å²) in [4.78, 5) is 19.1. The average Bonchev–Trinajstić information content (AvgIpc) is 2.70. The molecule has 4 nitrogen and oxygen atoms in total. The van der Waals surface area contributed by atoms with E-state index in [1.165, 1.54) is 7.11 Å². The van der Waals surface area contributed by atoms with E-state index in [1.54, 1.807) is 6.07 Å². The van der Waals surface area contributed by atoms with Crippen LogP contribution < -0.4 is 0 Å². The standard InChI is InChI=1S/C13H15ClN2O2/c1-13(2,12(17)18-3)6-8-7-15-9-4-5-10(14)16-11(8)9/h4-5,7,15H,6H2,1-3H3. The molecule has 2 aromatic heterocycles. The second-order valence-corrected chi connectivity index (χ2v) is 5.28. The number of nitrogens with zero attached hydrogens (tertiary/aromatic N) is 1. The number of pyridine rings is 1. The van der Waals surface area contributed by atoms with Crippen molar-refractivity contribution in [1.82, 2.24) is 9.97 Å². The molecular formula is C13H15ClN2O2. The number of fused-ring (bicyclic) bond motifs is 1. The van der Waals surface area contributed by atoms with E-state index >= 15 is 0 Å². The first-order valence-corrected chi connectivity index (χ1v) is 6.03. The molecule has 0 radical (unpaired) electrons. The highest BCUT2D eigenvalue weighted by Crippen LogP contribution is 2.27. The van der Waals surface area contributed by atoms with Crippen LogP contribution in [-0.4, -0.2) is 23.0 Å². The van der Waals surface area contributed by atoms with Gasteiger partial charge in [-0.1, -0.05) is 11.6 Å². The molecule has 2 rings (SSSR count). The van der Waals surface area contributed by atoms with E-state index in [0.717, 1.165) is 16.6 Å². The van der Waals surface area contributed by atoms with Gasteiger partial charge in [0.15, 0.2) is 0 Å². The first-order valence-electron chi connectivity index (χ1n) is 5.65. The second kappa shape index (κ2) is 4.61. The molecule has 0 saturated heterocycles.